The fourth-order valence-corrected chi connectivity index (χ4v) is 3.43. The Morgan fingerprint density at radius 3 is 2.90 bits per heavy atom. The highest BCUT2D eigenvalue weighted by Gasteiger charge is 2.25. The quantitative estimate of drug-likeness (QED) is 0.671. The Bertz CT molecular complexity index is 752. The molecule has 1 saturated heterocycles. The predicted molar refractivity (Wildman–Crippen MR) is 111 cm³/mol. The molecular formula is C20H28ClN5O3. The lowest BCUT2D eigenvalue weighted by Gasteiger charge is -2.35. The Hall–Kier alpha value is -2.13. The molecule has 1 aliphatic heterocycles. The number of hydrogen-bond donors (Lipinski definition) is 1. The van der Waals surface area contributed by atoms with Crippen LogP contribution in [0.4, 0.5) is 4.79 Å². The van der Waals surface area contributed by atoms with Gasteiger partial charge in [-0.15, -0.1) is 0 Å². The van der Waals surface area contributed by atoms with Gasteiger partial charge in [-0.3, -0.25) is 0 Å². The van der Waals surface area contributed by atoms with E-state index in [9.17, 15) is 4.79 Å². The van der Waals surface area contributed by atoms with Crippen molar-refractivity contribution < 1.29 is 14.3 Å². The molecule has 1 atom stereocenters. The molecule has 1 aromatic heterocycles. The average Bonchev–Trinajstić information content (AvgIpc) is 3.26. The molecule has 29 heavy (non-hydrogen) atoms. The highest BCUT2D eigenvalue weighted by molar-refractivity contribution is 6.30. The van der Waals surface area contributed by atoms with Gasteiger partial charge in [-0.05, 0) is 17.7 Å². The van der Waals surface area contributed by atoms with E-state index in [2.05, 4.69) is 10.3 Å². The number of urea groups is 1. The average molecular weight is 422 g/mol. The van der Waals surface area contributed by atoms with Gasteiger partial charge < -0.3 is 29.2 Å². The number of aromatic nitrogens is 2. The maximum Gasteiger partial charge on any atom is 0.320 e. The summed E-state index contributed by atoms with van der Waals surface area (Å²) in [5, 5.41) is 3.93. The van der Waals surface area contributed by atoms with Crippen LogP contribution < -0.4 is 5.32 Å². The number of carbonyl (C=O) groups is 1. The molecule has 0 spiro atoms. The number of amides is 2. The third kappa shape index (κ3) is 6.71. The summed E-state index contributed by atoms with van der Waals surface area (Å²) >= 11 is 6.13. The lowest BCUT2D eigenvalue weighted by molar-refractivity contribution is -0.0275. The van der Waals surface area contributed by atoms with Gasteiger partial charge in [0.2, 0.25) is 0 Å². The highest BCUT2D eigenvalue weighted by Crippen LogP contribution is 2.15. The van der Waals surface area contributed by atoms with Crippen molar-refractivity contribution in [1.82, 2.24) is 24.7 Å². The van der Waals surface area contributed by atoms with Gasteiger partial charge in [0, 0.05) is 57.2 Å². The van der Waals surface area contributed by atoms with Crippen molar-refractivity contribution in [1.29, 1.82) is 0 Å². The van der Waals surface area contributed by atoms with E-state index < -0.39 is 0 Å². The van der Waals surface area contributed by atoms with E-state index in [1.807, 2.05) is 44.8 Å². The lowest BCUT2D eigenvalue weighted by Crippen LogP contribution is -2.53. The van der Waals surface area contributed by atoms with Crippen LogP contribution in [0.5, 0.6) is 0 Å². The zero-order valence-corrected chi connectivity index (χ0v) is 17.4. The molecule has 0 aliphatic carbocycles. The third-order valence-electron chi connectivity index (χ3n) is 4.78. The van der Waals surface area contributed by atoms with Crippen LogP contribution in [0.2, 0.25) is 5.02 Å². The molecule has 2 heterocycles. The summed E-state index contributed by atoms with van der Waals surface area (Å²) in [6.45, 7) is 4.64. The van der Waals surface area contributed by atoms with Crippen LogP contribution in [0.1, 0.15) is 5.56 Å². The number of rotatable bonds is 9. The van der Waals surface area contributed by atoms with Crippen LogP contribution in [-0.2, 0) is 22.7 Å². The van der Waals surface area contributed by atoms with Crippen molar-refractivity contribution in [3.05, 3.63) is 53.6 Å². The highest BCUT2D eigenvalue weighted by atomic mass is 35.5. The van der Waals surface area contributed by atoms with E-state index >= 15 is 0 Å². The molecule has 1 aliphatic rings. The van der Waals surface area contributed by atoms with Crippen molar-refractivity contribution in [3.8, 4) is 0 Å². The number of carbonyl (C=O) groups excluding carboxylic acids is 1. The zero-order valence-electron chi connectivity index (χ0n) is 16.7. The minimum absolute atomic E-state index is 0.00290. The van der Waals surface area contributed by atoms with Crippen molar-refractivity contribution >= 4 is 17.6 Å². The van der Waals surface area contributed by atoms with Gasteiger partial charge in [-0.25, -0.2) is 9.78 Å². The molecule has 0 bridgehead atoms. The number of hydrogen-bond acceptors (Lipinski definition) is 5. The normalized spacial score (nSPS) is 15.3. The molecule has 9 heteroatoms. The van der Waals surface area contributed by atoms with E-state index in [-0.39, 0.29) is 12.1 Å². The van der Waals surface area contributed by atoms with Crippen LogP contribution in [-0.4, -0.2) is 77.9 Å². The number of benzene rings is 1. The molecular weight excluding hydrogens is 394 g/mol. The van der Waals surface area contributed by atoms with Crippen LogP contribution >= 0.6 is 11.6 Å². The minimum Gasteiger partial charge on any atom is -0.377 e. The smallest absolute Gasteiger partial charge is 0.320 e. The number of methoxy groups -OCH3 is 1. The molecule has 3 rings (SSSR count). The summed E-state index contributed by atoms with van der Waals surface area (Å²) in [5.41, 5.74) is 0.982. The summed E-state index contributed by atoms with van der Waals surface area (Å²) in [5.74, 6) is 0. The summed E-state index contributed by atoms with van der Waals surface area (Å²) < 4.78 is 13.2. The van der Waals surface area contributed by atoms with Crippen LogP contribution in [0.15, 0.2) is 43.0 Å². The fraction of sp³-hybridized carbons (Fsp3) is 0.500. The molecule has 0 radical (unpaired) electrons. The summed E-state index contributed by atoms with van der Waals surface area (Å²) in [6, 6.07) is 7.59. The number of imidazole rings is 1. The summed E-state index contributed by atoms with van der Waals surface area (Å²) in [4.78, 5) is 20.9. The maximum atomic E-state index is 13.2. The molecule has 2 aromatic rings. The van der Waals surface area contributed by atoms with Gasteiger partial charge >= 0.3 is 6.03 Å². The van der Waals surface area contributed by atoms with E-state index in [1.54, 1.807) is 19.6 Å². The molecule has 0 saturated carbocycles. The lowest BCUT2D eigenvalue weighted by atomic mass is 10.2. The molecule has 158 valence electrons. The minimum atomic E-state index is -0.246. The summed E-state index contributed by atoms with van der Waals surface area (Å²) in [6.07, 6.45) is 4.99. The van der Waals surface area contributed by atoms with Crippen molar-refractivity contribution in [3.63, 3.8) is 0 Å². The number of nitrogens with zero attached hydrogens (tertiary/aromatic N) is 4. The van der Waals surface area contributed by atoms with E-state index in [0.29, 0.717) is 44.5 Å². The number of halogens is 1. The standard InChI is InChI=1S/C20H28ClN5O3/c1-28-19(14-29-16-24-8-5-23-15-24)13-26(12-17-3-2-4-18(21)11-17)20(27)25-9-6-22-7-10-25/h2-5,8,11,15,19,22H,6-7,9-10,12-14,16H2,1H3. The van der Waals surface area contributed by atoms with Gasteiger partial charge in [0.25, 0.3) is 0 Å². The SMILES string of the molecule is COC(COCn1ccnc1)CN(Cc1cccc(Cl)c1)C(=O)N1CCNCC1. The van der Waals surface area contributed by atoms with E-state index in [4.69, 9.17) is 21.1 Å². The molecule has 2 amide bonds. The van der Waals surface area contributed by atoms with Gasteiger partial charge in [0.05, 0.1) is 25.6 Å². The Morgan fingerprint density at radius 2 is 2.21 bits per heavy atom. The van der Waals surface area contributed by atoms with Gasteiger partial charge in [-0.2, -0.15) is 0 Å². The first-order valence-corrected chi connectivity index (χ1v) is 10.1. The van der Waals surface area contributed by atoms with Gasteiger partial charge in [0.15, 0.2) is 0 Å². The van der Waals surface area contributed by atoms with Crippen LogP contribution in [0.25, 0.3) is 0 Å². The fourth-order valence-electron chi connectivity index (χ4n) is 3.22. The number of nitrogens with one attached hydrogen (secondary N) is 1. The number of piperazine rings is 1. The van der Waals surface area contributed by atoms with E-state index in [0.717, 1.165) is 18.7 Å². The first-order chi connectivity index (χ1) is 14.2. The largest absolute Gasteiger partial charge is 0.377 e. The van der Waals surface area contributed by atoms with Crippen LogP contribution in [0.3, 0.4) is 0 Å². The molecule has 1 unspecified atom stereocenters. The predicted octanol–water partition coefficient (Wildman–Crippen LogP) is 2.05. The first-order valence-electron chi connectivity index (χ1n) is 9.71. The van der Waals surface area contributed by atoms with Crippen molar-refractivity contribution in [2.24, 2.45) is 0 Å². The van der Waals surface area contributed by atoms with Crippen LogP contribution in [0, 0.1) is 0 Å². The number of ether oxygens (including phenoxy) is 2. The molecule has 8 nitrogen and oxygen atoms in total. The van der Waals surface area contributed by atoms with E-state index in [1.165, 1.54) is 0 Å². The maximum absolute atomic E-state index is 13.2. The Kier molecular flexibility index (Phi) is 8.30. The van der Waals surface area contributed by atoms with Crippen molar-refractivity contribution in [2.75, 3.05) is 46.4 Å². The third-order valence-corrected chi connectivity index (χ3v) is 5.02. The first kappa shape index (κ1) is 21.6. The monoisotopic (exact) mass is 421 g/mol. The zero-order chi connectivity index (χ0) is 20.5. The second kappa shape index (κ2) is 11.2. The molecule has 1 fully saturated rings. The topological polar surface area (TPSA) is 71.9 Å². The van der Waals surface area contributed by atoms with Crippen molar-refractivity contribution in [2.45, 2.75) is 19.4 Å². The Morgan fingerprint density at radius 1 is 1.38 bits per heavy atom. The second-order valence-corrected chi connectivity index (χ2v) is 7.40. The van der Waals surface area contributed by atoms with Gasteiger partial charge in [-0.1, -0.05) is 23.7 Å². The van der Waals surface area contributed by atoms with Gasteiger partial charge in [0.1, 0.15) is 6.73 Å². The summed E-state index contributed by atoms with van der Waals surface area (Å²) in [7, 11) is 1.64. The molecule has 1 aromatic carbocycles. The second-order valence-electron chi connectivity index (χ2n) is 6.96. The Balaban J connectivity index is 1.64. The molecule has 1 N–H and O–H groups in total. The Labute approximate surface area is 176 Å².